The molecule has 6 nitrogen and oxygen atoms in total. The van der Waals surface area contributed by atoms with E-state index in [2.05, 4.69) is 4.98 Å². The predicted molar refractivity (Wildman–Crippen MR) is 73.4 cm³/mol. The summed E-state index contributed by atoms with van der Waals surface area (Å²) in [7, 11) is 3.25. The van der Waals surface area contributed by atoms with Crippen LogP contribution in [0.25, 0.3) is 0 Å². The SMILES string of the molecule is CN(Cc1c(F)cccc1Cl)c1c([N+](=O)[O-])ncn1C. The first-order valence-corrected chi connectivity index (χ1v) is 6.09. The number of aryl methyl sites for hydroxylation is 1. The molecule has 1 aromatic heterocycles. The van der Waals surface area contributed by atoms with Crippen molar-refractivity contribution in [2.45, 2.75) is 6.54 Å². The van der Waals surface area contributed by atoms with Crippen molar-refractivity contribution in [2.24, 2.45) is 7.05 Å². The van der Waals surface area contributed by atoms with Crippen LogP contribution >= 0.6 is 11.6 Å². The quantitative estimate of drug-likeness (QED) is 0.643. The number of hydrogen-bond acceptors (Lipinski definition) is 4. The second-order valence-corrected chi connectivity index (χ2v) is 4.72. The summed E-state index contributed by atoms with van der Waals surface area (Å²) in [5, 5.41) is 11.2. The van der Waals surface area contributed by atoms with Crippen LogP contribution in [-0.2, 0) is 13.6 Å². The zero-order valence-corrected chi connectivity index (χ0v) is 11.6. The van der Waals surface area contributed by atoms with Crippen molar-refractivity contribution in [3.8, 4) is 0 Å². The summed E-state index contributed by atoms with van der Waals surface area (Å²) < 4.78 is 15.3. The Hall–Kier alpha value is -2.15. The number of hydrogen-bond donors (Lipinski definition) is 0. The number of halogens is 2. The van der Waals surface area contributed by atoms with Gasteiger partial charge in [0.1, 0.15) is 5.82 Å². The number of aromatic nitrogens is 2. The van der Waals surface area contributed by atoms with Crippen molar-refractivity contribution in [1.82, 2.24) is 9.55 Å². The van der Waals surface area contributed by atoms with Gasteiger partial charge in [0.2, 0.25) is 12.1 Å². The molecule has 0 saturated heterocycles. The maximum Gasteiger partial charge on any atom is 0.406 e. The van der Waals surface area contributed by atoms with Gasteiger partial charge in [0, 0.05) is 31.2 Å². The second-order valence-electron chi connectivity index (χ2n) is 4.32. The zero-order valence-electron chi connectivity index (χ0n) is 10.9. The number of imidazole rings is 1. The molecule has 0 unspecified atom stereocenters. The lowest BCUT2D eigenvalue weighted by Gasteiger charge is -2.19. The Labute approximate surface area is 119 Å². The minimum Gasteiger partial charge on any atom is -0.358 e. The van der Waals surface area contributed by atoms with Gasteiger partial charge in [0.15, 0.2) is 0 Å². The standard InChI is InChI=1S/C12H12ClFN4O2/c1-16(6-8-9(13)4-3-5-10(8)14)12-11(18(19)20)15-7-17(12)2/h3-5,7H,6H2,1-2H3. The summed E-state index contributed by atoms with van der Waals surface area (Å²) in [6, 6.07) is 4.38. The van der Waals surface area contributed by atoms with E-state index >= 15 is 0 Å². The number of rotatable bonds is 4. The molecule has 0 fully saturated rings. The van der Waals surface area contributed by atoms with E-state index in [-0.39, 0.29) is 28.8 Å². The fourth-order valence-corrected chi connectivity index (χ4v) is 2.20. The molecule has 20 heavy (non-hydrogen) atoms. The molecule has 1 heterocycles. The van der Waals surface area contributed by atoms with Crippen LogP contribution in [-0.4, -0.2) is 21.5 Å². The van der Waals surface area contributed by atoms with Gasteiger partial charge in [-0.05, 0) is 22.0 Å². The molecule has 0 radical (unpaired) electrons. The van der Waals surface area contributed by atoms with Gasteiger partial charge in [0.25, 0.3) is 0 Å². The number of nitrogens with zero attached hydrogens (tertiary/aromatic N) is 4. The summed E-state index contributed by atoms with van der Waals surface area (Å²) in [4.78, 5) is 15.6. The van der Waals surface area contributed by atoms with Crippen molar-refractivity contribution < 1.29 is 9.31 Å². The van der Waals surface area contributed by atoms with Crippen LogP contribution in [0.4, 0.5) is 16.0 Å². The van der Waals surface area contributed by atoms with Crippen LogP contribution in [0.15, 0.2) is 24.5 Å². The molecule has 0 bridgehead atoms. The third kappa shape index (κ3) is 2.57. The van der Waals surface area contributed by atoms with Crippen molar-refractivity contribution >= 4 is 23.2 Å². The highest BCUT2D eigenvalue weighted by molar-refractivity contribution is 6.31. The van der Waals surface area contributed by atoms with E-state index in [1.54, 1.807) is 20.2 Å². The first-order valence-electron chi connectivity index (χ1n) is 5.71. The third-order valence-corrected chi connectivity index (χ3v) is 3.23. The van der Waals surface area contributed by atoms with Crippen LogP contribution in [0.5, 0.6) is 0 Å². The molecule has 0 amide bonds. The summed E-state index contributed by atoms with van der Waals surface area (Å²) in [5.74, 6) is -0.439. The first-order chi connectivity index (χ1) is 9.41. The summed E-state index contributed by atoms with van der Waals surface area (Å²) in [6.07, 6.45) is 1.34. The number of nitro groups is 1. The van der Waals surface area contributed by atoms with Crippen LogP contribution in [0.3, 0.4) is 0 Å². The third-order valence-electron chi connectivity index (χ3n) is 2.88. The van der Waals surface area contributed by atoms with Crippen LogP contribution in [0.1, 0.15) is 5.56 Å². The molecule has 8 heteroatoms. The normalized spacial score (nSPS) is 10.6. The molecule has 0 spiro atoms. The minimum atomic E-state index is -0.575. The average molecular weight is 299 g/mol. The maximum atomic E-state index is 13.7. The Bertz CT molecular complexity index is 639. The van der Waals surface area contributed by atoms with Crippen LogP contribution in [0, 0.1) is 15.9 Å². The van der Waals surface area contributed by atoms with E-state index in [4.69, 9.17) is 11.6 Å². The first kappa shape index (κ1) is 14.3. The van der Waals surface area contributed by atoms with Crippen LogP contribution < -0.4 is 4.90 Å². The van der Waals surface area contributed by atoms with Gasteiger partial charge >= 0.3 is 5.82 Å². The Morgan fingerprint density at radius 2 is 2.25 bits per heavy atom. The van der Waals surface area contributed by atoms with Crippen molar-refractivity contribution in [1.29, 1.82) is 0 Å². The van der Waals surface area contributed by atoms with Gasteiger partial charge in [-0.2, -0.15) is 0 Å². The molecule has 0 atom stereocenters. The van der Waals surface area contributed by atoms with E-state index < -0.39 is 10.7 Å². The molecule has 1 aromatic carbocycles. The molecule has 2 aromatic rings. The van der Waals surface area contributed by atoms with Gasteiger partial charge in [-0.3, -0.25) is 4.57 Å². The lowest BCUT2D eigenvalue weighted by atomic mass is 10.2. The Morgan fingerprint density at radius 3 is 2.85 bits per heavy atom. The van der Waals surface area contributed by atoms with Gasteiger partial charge in [-0.25, -0.2) is 4.39 Å². The van der Waals surface area contributed by atoms with E-state index in [0.717, 1.165) is 0 Å². The van der Waals surface area contributed by atoms with Crippen LogP contribution in [0.2, 0.25) is 5.02 Å². The van der Waals surface area contributed by atoms with E-state index in [0.29, 0.717) is 0 Å². The van der Waals surface area contributed by atoms with E-state index in [9.17, 15) is 14.5 Å². The predicted octanol–water partition coefficient (Wildman–Crippen LogP) is 2.76. The molecule has 0 aliphatic rings. The highest BCUT2D eigenvalue weighted by Gasteiger charge is 2.24. The fourth-order valence-electron chi connectivity index (χ4n) is 1.98. The summed E-state index contributed by atoms with van der Waals surface area (Å²) in [6.45, 7) is 0.103. The summed E-state index contributed by atoms with van der Waals surface area (Å²) >= 11 is 5.95. The molecule has 106 valence electrons. The number of anilines is 1. The smallest absolute Gasteiger partial charge is 0.358 e. The molecule has 0 N–H and O–H groups in total. The lowest BCUT2D eigenvalue weighted by Crippen LogP contribution is -2.21. The highest BCUT2D eigenvalue weighted by Crippen LogP contribution is 2.28. The highest BCUT2D eigenvalue weighted by atomic mass is 35.5. The topological polar surface area (TPSA) is 64.2 Å². The maximum absolute atomic E-state index is 13.7. The van der Waals surface area contributed by atoms with Crippen molar-refractivity contribution in [3.05, 3.63) is 51.0 Å². The second kappa shape index (κ2) is 5.46. The van der Waals surface area contributed by atoms with Crippen molar-refractivity contribution in [2.75, 3.05) is 11.9 Å². The molecule has 2 rings (SSSR count). The lowest BCUT2D eigenvalue weighted by molar-refractivity contribution is -0.388. The molecule has 0 aliphatic heterocycles. The molecule has 0 saturated carbocycles. The number of benzene rings is 1. The van der Waals surface area contributed by atoms with E-state index in [1.807, 2.05) is 0 Å². The monoisotopic (exact) mass is 298 g/mol. The Balaban J connectivity index is 2.36. The Kier molecular flexibility index (Phi) is 3.89. The molecular weight excluding hydrogens is 287 g/mol. The Morgan fingerprint density at radius 1 is 1.55 bits per heavy atom. The van der Waals surface area contributed by atoms with Crippen molar-refractivity contribution in [3.63, 3.8) is 0 Å². The minimum absolute atomic E-state index is 0.103. The average Bonchev–Trinajstić information content (AvgIpc) is 2.76. The largest absolute Gasteiger partial charge is 0.406 e. The zero-order chi connectivity index (χ0) is 14.9. The van der Waals surface area contributed by atoms with E-state index in [1.165, 1.54) is 27.9 Å². The molecule has 0 aliphatic carbocycles. The van der Waals surface area contributed by atoms with Gasteiger partial charge in [-0.15, -0.1) is 0 Å². The van der Waals surface area contributed by atoms with Gasteiger partial charge in [0.05, 0.1) is 0 Å². The fraction of sp³-hybridized carbons (Fsp3) is 0.250. The van der Waals surface area contributed by atoms with Gasteiger partial charge < -0.3 is 15.0 Å². The van der Waals surface area contributed by atoms with Gasteiger partial charge in [-0.1, -0.05) is 17.7 Å². The molecular formula is C12H12ClFN4O2. The summed E-state index contributed by atoms with van der Waals surface area (Å²) in [5.41, 5.74) is 0.284.